The molecule has 264 valence electrons. The molecule has 5 amide bonds. The Balaban J connectivity index is 1.27. The van der Waals surface area contributed by atoms with Gasteiger partial charge in [-0.3, -0.25) is 24.0 Å². The first kappa shape index (κ1) is 35.2. The standard InChI is InChI=1S/C33H43N7O9/c1-3-48-32(47)39-18-16-38(17-19-39)30(45)24(12-13-28(42)43)34-29(44)25-20-27(40(36-25)23-8-5-4-6-9-23)49-21-26(41)35-33(14-7-15-33)31(46)37(2)22-10-11-22/h4-6,8-9,20,22,24H,3,7,10-19,21H2,1-2H3,(H,34,44)(H,35,41)(H,42,43)/t24-/m0/s1. The number of ether oxygens (including phenoxy) is 2. The Bertz CT molecular complexity index is 1550. The first-order valence-corrected chi connectivity index (χ1v) is 16.6. The van der Waals surface area contributed by atoms with Crippen LogP contribution in [-0.2, 0) is 23.9 Å². The van der Waals surface area contributed by atoms with Gasteiger partial charge < -0.3 is 39.9 Å². The van der Waals surface area contributed by atoms with Gasteiger partial charge in [0.15, 0.2) is 12.3 Å². The number of benzene rings is 1. The number of likely N-dealkylation sites (N-methyl/N-ethyl adjacent to an activating group) is 1. The SMILES string of the molecule is CCOC(=O)N1CCN(C(=O)[C@H](CCC(=O)O)NC(=O)c2cc(OCC(=O)NC3(C(=O)N(C)C4CC4)CCC3)n(-c3ccccc3)n2)CC1. The van der Waals surface area contributed by atoms with Crippen LogP contribution < -0.4 is 15.4 Å². The Morgan fingerprint density at radius 3 is 2.31 bits per heavy atom. The molecule has 2 heterocycles. The molecule has 1 atom stereocenters. The highest BCUT2D eigenvalue weighted by Gasteiger charge is 2.49. The summed E-state index contributed by atoms with van der Waals surface area (Å²) in [5.74, 6) is -2.90. The highest BCUT2D eigenvalue weighted by atomic mass is 16.6. The lowest BCUT2D eigenvalue weighted by Gasteiger charge is -2.43. The maximum atomic E-state index is 13.5. The van der Waals surface area contributed by atoms with Gasteiger partial charge in [-0.25, -0.2) is 9.48 Å². The van der Waals surface area contributed by atoms with Crippen LogP contribution in [0, 0.1) is 0 Å². The summed E-state index contributed by atoms with van der Waals surface area (Å²) < 4.78 is 12.2. The van der Waals surface area contributed by atoms with Gasteiger partial charge in [0.2, 0.25) is 17.7 Å². The van der Waals surface area contributed by atoms with Crippen molar-refractivity contribution in [3.8, 4) is 11.6 Å². The van der Waals surface area contributed by atoms with Crippen LogP contribution in [0.5, 0.6) is 5.88 Å². The number of piperazine rings is 1. The predicted octanol–water partition coefficient (Wildman–Crippen LogP) is 1.17. The number of amides is 5. The molecule has 3 aliphatic rings. The van der Waals surface area contributed by atoms with E-state index >= 15 is 0 Å². The number of hydrogen-bond acceptors (Lipinski definition) is 9. The largest absolute Gasteiger partial charge is 0.481 e. The molecule has 0 bridgehead atoms. The van der Waals surface area contributed by atoms with E-state index in [9.17, 15) is 33.9 Å². The monoisotopic (exact) mass is 681 g/mol. The van der Waals surface area contributed by atoms with E-state index in [0.29, 0.717) is 18.5 Å². The molecule has 1 saturated heterocycles. The second-order valence-corrected chi connectivity index (χ2v) is 12.5. The topological polar surface area (TPSA) is 193 Å². The molecule has 5 rings (SSSR count). The number of carboxylic acids is 1. The number of hydrogen-bond donors (Lipinski definition) is 3. The molecule has 16 nitrogen and oxygen atoms in total. The van der Waals surface area contributed by atoms with Crippen molar-refractivity contribution >= 4 is 35.7 Å². The van der Waals surface area contributed by atoms with Crippen molar-refractivity contribution in [1.82, 2.24) is 35.1 Å². The second kappa shape index (κ2) is 15.4. The molecule has 49 heavy (non-hydrogen) atoms. The molecule has 3 fully saturated rings. The Morgan fingerprint density at radius 1 is 1.04 bits per heavy atom. The lowest BCUT2D eigenvalue weighted by Crippen LogP contribution is -2.63. The van der Waals surface area contributed by atoms with E-state index in [1.165, 1.54) is 20.5 Å². The van der Waals surface area contributed by atoms with Crippen molar-refractivity contribution in [2.45, 2.75) is 69.5 Å². The fourth-order valence-electron chi connectivity index (χ4n) is 5.96. The van der Waals surface area contributed by atoms with E-state index in [0.717, 1.165) is 19.3 Å². The molecule has 1 aliphatic heterocycles. The summed E-state index contributed by atoms with van der Waals surface area (Å²) in [6.07, 6.45) is 2.80. The molecule has 3 N–H and O–H groups in total. The third-order valence-corrected chi connectivity index (χ3v) is 9.04. The van der Waals surface area contributed by atoms with Crippen molar-refractivity contribution in [3.63, 3.8) is 0 Å². The van der Waals surface area contributed by atoms with Gasteiger partial charge in [0, 0.05) is 51.8 Å². The summed E-state index contributed by atoms with van der Waals surface area (Å²) >= 11 is 0. The third-order valence-electron chi connectivity index (χ3n) is 9.04. The number of carbonyl (C=O) groups excluding carboxylic acids is 5. The van der Waals surface area contributed by atoms with Gasteiger partial charge in [0.25, 0.3) is 11.8 Å². The number of rotatable bonds is 14. The van der Waals surface area contributed by atoms with Crippen molar-refractivity contribution < 1.29 is 43.3 Å². The number of aromatic nitrogens is 2. The average molecular weight is 682 g/mol. The lowest BCUT2D eigenvalue weighted by atomic mass is 9.75. The molecule has 1 aromatic carbocycles. The first-order chi connectivity index (χ1) is 23.5. The van der Waals surface area contributed by atoms with Gasteiger partial charge in [-0.15, -0.1) is 0 Å². The highest BCUT2D eigenvalue weighted by Crippen LogP contribution is 2.36. The molecule has 1 aromatic heterocycles. The molecule has 16 heteroatoms. The highest BCUT2D eigenvalue weighted by molar-refractivity contribution is 5.97. The van der Waals surface area contributed by atoms with E-state index in [-0.39, 0.29) is 69.2 Å². The molecule has 0 spiro atoms. The van der Waals surface area contributed by atoms with E-state index in [2.05, 4.69) is 15.7 Å². The Kier molecular flexibility index (Phi) is 11.0. The van der Waals surface area contributed by atoms with Gasteiger partial charge in [0.05, 0.1) is 12.3 Å². The summed E-state index contributed by atoms with van der Waals surface area (Å²) in [6, 6.07) is 9.14. The van der Waals surface area contributed by atoms with Gasteiger partial charge >= 0.3 is 12.1 Å². The van der Waals surface area contributed by atoms with Crippen LogP contribution in [0.3, 0.4) is 0 Å². The minimum absolute atomic E-state index is 0.0686. The minimum Gasteiger partial charge on any atom is -0.481 e. The number of carbonyl (C=O) groups is 6. The van der Waals surface area contributed by atoms with Crippen molar-refractivity contribution in [1.29, 1.82) is 0 Å². The number of aliphatic carboxylic acids is 1. The quantitative estimate of drug-likeness (QED) is 0.261. The Morgan fingerprint density at radius 2 is 1.71 bits per heavy atom. The molecule has 0 radical (unpaired) electrons. The lowest BCUT2D eigenvalue weighted by molar-refractivity contribution is -0.145. The first-order valence-electron chi connectivity index (χ1n) is 16.6. The van der Waals surface area contributed by atoms with Crippen LogP contribution in [0.15, 0.2) is 36.4 Å². The predicted molar refractivity (Wildman–Crippen MR) is 173 cm³/mol. The number of carboxylic acid groups (broad SMARTS) is 1. The smallest absolute Gasteiger partial charge is 0.409 e. The summed E-state index contributed by atoms with van der Waals surface area (Å²) in [6.45, 7) is 2.30. The molecule has 0 unspecified atom stereocenters. The fraction of sp³-hybridized carbons (Fsp3) is 0.545. The zero-order chi connectivity index (χ0) is 35.1. The molecular weight excluding hydrogens is 638 g/mol. The summed E-state index contributed by atoms with van der Waals surface area (Å²) in [7, 11) is 1.76. The van der Waals surface area contributed by atoms with E-state index in [4.69, 9.17) is 9.47 Å². The number of para-hydroxylation sites is 1. The van der Waals surface area contributed by atoms with E-state index in [1.54, 1.807) is 49.2 Å². The molecular formula is C33H43N7O9. The van der Waals surface area contributed by atoms with E-state index < -0.39 is 48.0 Å². The van der Waals surface area contributed by atoms with Gasteiger partial charge in [-0.1, -0.05) is 18.2 Å². The van der Waals surface area contributed by atoms with E-state index in [1.807, 2.05) is 0 Å². The zero-order valence-corrected chi connectivity index (χ0v) is 27.8. The van der Waals surface area contributed by atoms with Crippen molar-refractivity contribution in [2.75, 3.05) is 46.4 Å². The van der Waals surface area contributed by atoms with Crippen LogP contribution in [0.25, 0.3) is 5.69 Å². The molecule has 2 aromatic rings. The zero-order valence-electron chi connectivity index (χ0n) is 27.8. The summed E-state index contributed by atoms with van der Waals surface area (Å²) in [4.78, 5) is 81.4. The van der Waals surface area contributed by atoms with Crippen LogP contribution in [0.2, 0.25) is 0 Å². The summed E-state index contributed by atoms with van der Waals surface area (Å²) in [5, 5.41) is 19.2. The average Bonchev–Trinajstić information content (AvgIpc) is 3.85. The number of nitrogens with zero attached hydrogens (tertiary/aromatic N) is 5. The summed E-state index contributed by atoms with van der Waals surface area (Å²) in [5.41, 5.74) is -0.547. The van der Waals surface area contributed by atoms with Crippen LogP contribution in [0.1, 0.15) is 62.4 Å². The van der Waals surface area contributed by atoms with Crippen LogP contribution in [-0.4, -0.2) is 129 Å². The van der Waals surface area contributed by atoms with Crippen molar-refractivity contribution in [2.24, 2.45) is 0 Å². The minimum atomic E-state index is -1.18. The maximum absolute atomic E-state index is 13.5. The van der Waals surface area contributed by atoms with Gasteiger partial charge in [-0.05, 0) is 57.6 Å². The van der Waals surface area contributed by atoms with Crippen molar-refractivity contribution in [3.05, 3.63) is 42.1 Å². The second-order valence-electron chi connectivity index (χ2n) is 12.5. The van der Waals surface area contributed by atoms with Gasteiger partial charge in [-0.2, -0.15) is 5.10 Å². The normalized spacial score (nSPS) is 17.3. The fourth-order valence-corrected chi connectivity index (χ4v) is 5.96. The Hall–Kier alpha value is -5.15. The number of nitrogens with one attached hydrogen (secondary N) is 2. The van der Waals surface area contributed by atoms with Crippen LogP contribution in [0.4, 0.5) is 4.79 Å². The van der Waals surface area contributed by atoms with Gasteiger partial charge in [0.1, 0.15) is 11.6 Å². The molecule has 2 aliphatic carbocycles. The maximum Gasteiger partial charge on any atom is 0.409 e. The molecule has 2 saturated carbocycles. The third kappa shape index (κ3) is 8.48. The Labute approximate surface area is 283 Å². The van der Waals surface area contributed by atoms with Crippen LogP contribution >= 0.6 is 0 Å².